The average molecular weight is 374 g/mol. The predicted molar refractivity (Wildman–Crippen MR) is 99.5 cm³/mol. The van der Waals surface area contributed by atoms with Crippen LogP contribution in [0.5, 0.6) is 0 Å². The molecule has 1 unspecified atom stereocenters. The monoisotopic (exact) mass is 374 g/mol. The van der Waals surface area contributed by atoms with Crippen LogP contribution in [0, 0.1) is 12.8 Å². The predicted octanol–water partition coefficient (Wildman–Crippen LogP) is 0.591. The Balaban J connectivity index is 1.36. The van der Waals surface area contributed by atoms with Crippen LogP contribution in [0.3, 0.4) is 0 Å². The summed E-state index contributed by atoms with van der Waals surface area (Å²) in [6, 6.07) is 0. The molecular weight excluding hydrogens is 348 g/mol. The first kappa shape index (κ1) is 18.1. The fourth-order valence-corrected chi connectivity index (χ4v) is 3.83. The number of carbonyl (C=O) groups is 1. The molecule has 1 atom stereocenters. The largest absolute Gasteiger partial charge is 0.379 e. The van der Waals surface area contributed by atoms with Crippen LogP contribution in [0.25, 0.3) is 11.1 Å². The summed E-state index contributed by atoms with van der Waals surface area (Å²) in [6.07, 6.45) is 3.35. The lowest BCUT2D eigenvalue weighted by Crippen LogP contribution is -2.46. The zero-order chi connectivity index (χ0) is 18.6. The topological polar surface area (TPSA) is 96.6 Å². The molecule has 1 amide bonds. The normalized spacial score (nSPS) is 21.5. The number of amides is 1. The maximum absolute atomic E-state index is 12.7. The van der Waals surface area contributed by atoms with Gasteiger partial charge in [0, 0.05) is 39.3 Å². The van der Waals surface area contributed by atoms with E-state index in [4.69, 9.17) is 9.26 Å². The number of ether oxygens (including phenoxy) is 1. The third-order valence-electron chi connectivity index (χ3n) is 5.35. The van der Waals surface area contributed by atoms with Crippen molar-refractivity contribution < 1.29 is 14.1 Å². The number of nitrogens with one attached hydrogen (secondary N) is 1. The van der Waals surface area contributed by atoms with Crippen LogP contribution in [0.15, 0.2) is 10.9 Å². The van der Waals surface area contributed by atoms with Gasteiger partial charge in [0.05, 0.1) is 24.8 Å². The van der Waals surface area contributed by atoms with Crippen LogP contribution in [-0.2, 0) is 9.53 Å². The zero-order valence-electron chi connectivity index (χ0n) is 15.7. The van der Waals surface area contributed by atoms with Gasteiger partial charge in [-0.25, -0.2) is 4.98 Å². The summed E-state index contributed by atoms with van der Waals surface area (Å²) in [5.74, 6) is 0.901. The first-order chi connectivity index (χ1) is 13.2. The quantitative estimate of drug-likeness (QED) is 0.812. The molecule has 2 aliphatic rings. The van der Waals surface area contributed by atoms with Crippen molar-refractivity contribution in [3.63, 3.8) is 0 Å². The van der Waals surface area contributed by atoms with E-state index in [9.17, 15) is 4.79 Å². The van der Waals surface area contributed by atoms with Crippen LogP contribution in [0.4, 0.5) is 5.82 Å². The van der Waals surface area contributed by atoms with Gasteiger partial charge in [-0.1, -0.05) is 5.16 Å². The second-order valence-corrected chi connectivity index (χ2v) is 7.18. The van der Waals surface area contributed by atoms with Gasteiger partial charge in [-0.2, -0.15) is 4.98 Å². The Labute approximate surface area is 158 Å². The maximum atomic E-state index is 12.7. The molecule has 9 heteroatoms. The smallest absolute Gasteiger partial charge is 0.263 e. The molecule has 0 spiro atoms. The summed E-state index contributed by atoms with van der Waals surface area (Å²) >= 11 is 0. The van der Waals surface area contributed by atoms with Crippen molar-refractivity contribution in [3.05, 3.63) is 12.0 Å². The van der Waals surface area contributed by atoms with E-state index in [1.54, 1.807) is 0 Å². The summed E-state index contributed by atoms with van der Waals surface area (Å²) in [4.78, 5) is 25.7. The Kier molecular flexibility index (Phi) is 5.49. The first-order valence-electron chi connectivity index (χ1n) is 9.62. The number of aromatic nitrogens is 3. The Morgan fingerprint density at radius 1 is 1.30 bits per heavy atom. The number of fused-ring (bicyclic) bond motifs is 1. The second kappa shape index (κ2) is 8.18. The van der Waals surface area contributed by atoms with Crippen molar-refractivity contribution in [2.75, 3.05) is 57.4 Å². The van der Waals surface area contributed by atoms with E-state index in [-0.39, 0.29) is 11.8 Å². The van der Waals surface area contributed by atoms with Gasteiger partial charge in [0.2, 0.25) is 5.91 Å². The number of nitrogens with zero attached hydrogens (tertiary/aromatic N) is 5. The van der Waals surface area contributed by atoms with Crippen molar-refractivity contribution >= 4 is 22.8 Å². The highest BCUT2D eigenvalue weighted by Gasteiger charge is 2.28. The van der Waals surface area contributed by atoms with Gasteiger partial charge >= 0.3 is 0 Å². The number of morpholine rings is 1. The van der Waals surface area contributed by atoms with E-state index >= 15 is 0 Å². The lowest BCUT2D eigenvalue weighted by molar-refractivity contribution is -0.125. The molecule has 2 saturated heterocycles. The molecule has 27 heavy (non-hydrogen) atoms. The minimum atomic E-state index is -0.0337. The van der Waals surface area contributed by atoms with E-state index in [0.29, 0.717) is 18.8 Å². The number of carbonyl (C=O) groups excluding carboxylic acids is 1. The summed E-state index contributed by atoms with van der Waals surface area (Å²) in [5.41, 5.74) is 1.27. The molecule has 0 bridgehead atoms. The number of anilines is 1. The van der Waals surface area contributed by atoms with Gasteiger partial charge in [0.15, 0.2) is 0 Å². The molecule has 4 rings (SSSR count). The molecule has 0 aliphatic carbocycles. The van der Waals surface area contributed by atoms with Crippen LogP contribution in [0.1, 0.15) is 18.5 Å². The molecule has 2 fully saturated rings. The van der Waals surface area contributed by atoms with E-state index in [1.807, 2.05) is 6.92 Å². The van der Waals surface area contributed by atoms with Gasteiger partial charge in [0.25, 0.3) is 5.71 Å². The number of rotatable bonds is 5. The number of hydrogen-bond donors (Lipinski definition) is 1. The van der Waals surface area contributed by atoms with Crippen LogP contribution >= 0.6 is 0 Å². The van der Waals surface area contributed by atoms with E-state index in [0.717, 1.165) is 69.1 Å². The fourth-order valence-electron chi connectivity index (χ4n) is 3.83. The van der Waals surface area contributed by atoms with E-state index < -0.39 is 0 Å². The molecule has 0 radical (unpaired) electrons. The Morgan fingerprint density at radius 3 is 3.00 bits per heavy atom. The molecule has 2 aromatic heterocycles. The summed E-state index contributed by atoms with van der Waals surface area (Å²) in [7, 11) is 0. The Hall–Kier alpha value is -2.26. The fraction of sp³-hybridized carbons (Fsp3) is 0.667. The summed E-state index contributed by atoms with van der Waals surface area (Å²) in [6.45, 7) is 8.40. The lowest BCUT2D eigenvalue weighted by Gasteiger charge is -2.33. The van der Waals surface area contributed by atoms with Crippen molar-refractivity contribution in [3.8, 4) is 0 Å². The van der Waals surface area contributed by atoms with Crippen molar-refractivity contribution in [2.24, 2.45) is 5.92 Å². The molecule has 146 valence electrons. The van der Waals surface area contributed by atoms with E-state index in [2.05, 4.69) is 30.2 Å². The number of piperidine rings is 1. The molecule has 4 heterocycles. The van der Waals surface area contributed by atoms with Crippen LogP contribution in [-0.4, -0.2) is 78.4 Å². The summed E-state index contributed by atoms with van der Waals surface area (Å²) in [5, 5.41) is 7.94. The SMILES string of the molecule is Cc1noc2ncnc(N3CCCC(C(=O)NCCN4CCOCC4)C3)c12. The number of aryl methyl sites for hydroxylation is 1. The van der Waals surface area contributed by atoms with Crippen LogP contribution in [0.2, 0.25) is 0 Å². The Bertz CT molecular complexity index is 788. The molecule has 2 aliphatic heterocycles. The van der Waals surface area contributed by atoms with Gasteiger partial charge in [-0.05, 0) is 19.8 Å². The maximum Gasteiger partial charge on any atom is 0.263 e. The Morgan fingerprint density at radius 2 is 2.15 bits per heavy atom. The van der Waals surface area contributed by atoms with Crippen molar-refractivity contribution in [1.29, 1.82) is 0 Å². The van der Waals surface area contributed by atoms with Crippen molar-refractivity contribution in [2.45, 2.75) is 19.8 Å². The highest BCUT2D eigenvalue weighted by atomic mass is 16.5. The minimum absolute atomic E-state index is 0.0337. The third-order valence-corrected chi connectivity index (χ3v) is 5.35. The average Bonchev–Trinajstić information content (AvgIpc) is 3.10. The van der Waals surface area contributed by atoms with Gasteiger partial charge in [0.1, 0.15) is 17.5 Å². The van der Waals surface area contributed by atoms with Gasteiger partial charge < -0.3 is 19.5 Å². The minimum Gasteiger partial charge on any atom is -0.379 e. The van der Waals surface area contributed by atoms with Crippen molar-refractivity contribution in [1.82, 2.24) is 25.3 Å². The molecule has 9 nitrogen and oxygen atoms in total. The lowest BCUT2D eigenvalue weighted by atomic mass is 9.97. The van der Waals surface area contributed by atoms with Crippen LogP contribution < -0.4 is 10.2 Å². The molecule has 0 aromatic carbocycles. The number of hydrogen-bond acceptors (Lipinski definition) is 8. The third kappa shape index (κ3) is 4.03. The first-order valence-corrected chi connectivity index (χ1v) is 9.62. The second-order valence-electron chi connectivity index (χ2n) is 7.18. The highest BCUT2D eigenvalue weighted by molar-refractivity contribution is 5.88. The van der Waals surface area contributed by atoms with Gasteiger partial charge in [-0.3, -0.25) is 9.69 Å². The molecule has 0 saturated carbocycles. The highest BCUT2D eigenvalue weighted by Crippen LogP contribution is 2.29. The molecule has 2 aromatic rings. The molecule has 1 N–H and O–H groups in total. The molecular formula is C18H26N6O3. The zero-order valence-corrected chi connectivity index (χ0v) is 15.7. The summed E-state index contributed by atoms with van der Waals surface area (Å²) < 4.78 is 10.6. The standard InChI is InChI=1S/C18H26N6O3/c1-13-15-16(20-12-21-18(15)27-22-13)24-5-2-3-14(11-24)17(25)19-4-6-23-7-9-26-10-8-23/h12,14H,2-11H2,1H3,(H,19,25). The van der Waals surface area contributed by atoms with E-state index in [1.165, 1.54) is 6.33 Å². The van der Waals surface area contributed by atoms with Gasteiger partial charge in [-0.15, -0.1) is 0 Å².